The highest BCUT2D eigenvalue weighted by Gasteiger charge is 2.42. The standard InChI is InChI=1S/C26H28F3N6O4.H2O/c1-25(2,3)39-24(37)21-14-30-12-13-33(21)15-19-22-23(36)34(16-8-10-17(11-9-16)38-26(27,28)29)32-35(22)20-7-5-4-6-18(20)31-19;/h4-11,21,30,36H,12-15H2,1-3H3;1H2. The molecule has 1 radical (unpaired) electrons. The number of carbonyl (C=O) groups is 1. The van der Waals surface area contributed by atoms with Gasteiger partial charge in [-0.2, -0.15) is 0 Å². The number of para-hydroxylation sites is 2. The van der Waals surface area contributed by atoms with E-state index in [9.17, 15) is 23.1 Å². The number of nitrogens with zero attached hydrogens (tertiary/aromatic N) is 5. The van der Waals surface area contributed by atoms with E-state index in [2.05, 4.69) is 15.6 Å². The van der Waals surface area contributed by atoms with Gasteiger partial charge < -0.3 is 25.4 Å². The summed E-state index contributed by atoms with van der Waals surface area (Å²) in [5, 5.41) is 17.3. The van der Waals surface area contributed by atoms with E-state index < -0.39 is 23.8 Å². The highest BCUT2D eigenvalue weighted by atomic mass is 19.4. The summed E-state index contributed by atoms with van der Waals surface area (Å²) in [4.78, 5) is 19.7. The predicted octanol–water partition coefficient (Wildman–Crippen LogP) is 2.95. The minimum atomic E-state index is -4.82. The molecule has 3 heterocycles. The van der Waals surface area contributed by atoms with Gasteiger partial charge in [0.1, 0.15) is 23.1 Å². The minimum absolute atomic E-state index is 0. The van der Waals surface area contributed by atoms with Crippen molar-refractivity contribution in [1.29, 1.82) is 0 Å². The first-order valence-corrected chi connectivity index (χ1v) is 12.3. The summed E-state index contributed by atoms with van der Waals surface area (Å²) in [7, 11) is 0. The van der Waals surface area contributed by atoms with Gasteiger partial charge in [-0.1, -0.05) is 12.1 Å². The molecule has 0 aliphatic carbocycles. The number of anilines is 2. The van der Waals surface area contributed by atoms with E-state index in [0.717, 1.165) is 12.1 Å². The predicted molar refractivity (Wildman–Crippen MR) is 141 cm³/mol. The lowest BCUT2D eigenvalue weighted by molar-refractivity contribution is -0.274. The quantitative estimate of drug-likeness (QED) is 0.531. The van der Waals surface area contributed by atoms with Crippen LogP contribution in [0.4, 0.5) is 30.2 Å². The molecule has 1 saturated heterocycles. The first-order chi connectivity index (χ1) is 18.4. The molecule has 1 atom stereocenters. The van der Waals surface area contributed by atoms with Gasteiger partial charge >= 0.3 is 12.3 Å². The fraction of sp³-hybridized carbons (Fsp3) is 0.385. The number of carbonyl (C=O) groups excluding carboxylic acids is 1. The number of aliphatic hydroxyl groups is 1. The summed E-state index contributed by atoms with van der Waals surface area (Å²) in [6.45, 7) is 7.25. The number of hydrogen-bond donors (Lipinski definition) is 2. The van der Waals surface area contributed by atoms with Gasteiger partial charge in [-0.25, -0.2) is 15.0 Å². The number of hydrogen-bond acceptors (Lipinski definition) is 9. The summed E-state index contributed by atoms with van der Waals surface area (Å²) in [5.74, 6) is -1.01. The van der Waals surface area contributed by atoms with Gasteiger partial charge in [-0.15, -0.1) is 13.2 Å². The molecule has 4 N–H and O–H groups in total. The van der Waals surface area contributed by atoms with Gasteiger partial charge in [0.2, 0.25) is 5.88 Å². The van der Waals surface area contributed by atoms with E-state index in [-0.39, 0.29) is 23.9 Å². The Morgan fingerprint density at radius 2 is 1.80 bits per heavy atom. The number of piperazine rings is 1. The van der Waals surface area contributed by atoms with Gasteiger partial charge in [0.25, 0.3) is 0 Å². The van der Waals surface area contributed by atoms with Gasteiger partial charge in [0, 0.05) is 26.2 Å². The van der Waals surface area contributed by atoms with Crippen molar-refractivity contribution in [2.45, 2.75) is 38.8 Å². The summed E-state index contributed by atoms with van der Waals surface area (Å²) >= 11 is 0. The van der Waals surface area contributed by atoms with Gasteiger partial charge in [0.15, 0.2) is 0 Å². The maximum Gasteiger partial charge on any atom is 0.573 e. The van der Waals surface area contributed by atoms with E-state index in [1.807, 2.05) is 43.9 Å². The third-order valence-corrected chi connectivity index (χ3v) is 6.14. The topological polar surface area (TPSA) is 135 Å². The van der Waals surface area contributed by atoms with Crippen molar-refractivity contribution in [2.75, 3.05) is 36.2 Å². The van der Waals surface area contributed by atoms with Crippen LogP contribution in [-0.2, 0) is 9.53 Å². The Morgan fingerprint density at radius 1 is 1.10 bits per heavy atom. The van der Waals surface area contributed by atoms with E-state index in [0.29, 0.717) is 48.1 Å². The molecule has 0 bridgehead atoms. The number of rotatable bonds is 5. The second-order valence-corrected chi connectivity index (χ2v) is 10.2. The molecule has 2 aromatic rings. The van der Waals surface area contributed by atoms with Crippen LogP contribution in [-0.4, -0.2) is 71.3 Å². The van der Waals surface area contributed by atoms with Crippen LogP contribution in [0.25, 0.3) is 0 Å². The van der Waals surface area contributed by atoms with Crippen molar-refractivity contribution >= 4 is 28.7 Å². The Balaban J connectivity index is 0.00000370. The van der Waals surface area contributed by atoms with E-state index in [1.165, 1.54) is 22.2 Å². The molecule has 14 heteroatoms. The van der Waals surface area contributed by atoms with E-state index in [4.69, 9.17) is 9.73 Å². The number of alkyl halides is 3. The molecule has 40 heavy (non-hydrogen) atoms. The molecule has 3 aliphatic heterocycles. The number of ether oxygens (including phenoxy) is 2. The van der Waals surface area contributed by atoms with Crippen LogP contribution in [0.3, 0.4) is 0 Å². The molecule has 1 fully saturated rings. The third-order valence-electron chi connectivity index (χ3n) is 6.14. The van der Waals surface area contributed by atoms with Crippen LogP contribution in [0.5, 0.6) is 5.75 Å². The number of aliphatic hydroxyl groups excluding tert-OH is 1. The van der Waals surface area contributed by atoms with Crippen LogP contribution in [0.2, 0.25) is 0 Å². The molecule has 0 spiro atoms. The largest absolute Gasteiger partial charge is 0.573 e. The Labute approximate surface area is 228 Å². The highest BCUT2D eigenvalue weighted by molar-refractivity contribution is 6.10. The summed E-state index contributed by atoms with van der Waals surface area (Å²) in [5.41, 5.74) is 6.22. The molecule has 3 aliphatic rings. The van der Waals surface area contributed by atoms with Gasteiger partial charge in [-0.3, -0.25) is 9.69 Å². The number of esters is 1. The SMILES string of the molecule is CC(C)(C)OC(=O)C1CNCCN1CC1=Nc2ccccc2N2[N]N(c3ccc(OC(F)(F)F)cc3)C(O)=C12.O. The van der Waals surface area contributed by atoms with Crippen LogP contribution >= 0.6 is 0 Å². The average molecular weight is 564 g/mol. The lowest BCUT2D eigenvalue weighted by Gasteiger charge is -2.37. The molecular weight excluding hydrogens is 533 g/mol. The molecule has 1 unspecified atom stereocenters. The van der Waals surface area contributed by atoms with Crippen molar-refractivity contribution < 1.29 is 38.0 Å². The molecular formula is C26H30F3N6O5. The van der Waals surface area contributed by atoms with E-state index >= 15 is 0 Å². The fourth-order valence-electron chi connectivity index (χ4n) is 4.53. The first-order valence-electron chi connectivity index (χ1n) is 12.3. The monoisotopic (exact) mass is 563 g/mol. The smallest absolute Gasteiger partial charge is 0.492 e. The first kappa shape index (κ1) is 29.1. The van der Waals surface area contributed by atoms with Crippen LogP contribution in [0, 0.1) is 0 Å². The van der Waals surface area contributed by atoms with Gasteiger partial charge in [0.05, 0.1) is 22.8 Å². The molecule has 0 saturated carbocycles. The molecule has 5 rings (SSSR count). The molecule has 0 aromatic heterocycles. The fourth-order valence-corrected chi connectivity index (χ4v) is 4.53. The van der Waals surface area contributed by atoms with Crippen molar-refractivity contribution in [3.05, 3.63) is 60.1 Å². The molecule has 0 amide bonds. The van der Waals surface area contributed by atoms with Gasteiger partial charge in [-0.05, 0) is 62.7 Å². The summed E-state index contributed by atoms with van der Waals surface area (Å²) in [6.07, 6.45) is -4.82. The average Bonchev–Trinajstić information content (AvgIpc) is 3.20. The van der Waals surface area contributed by atoms with Crippen molar-refractivity contribution in [1.82, 2.24) is 15.8 Å². The number of halogens is 3. The molecule has 2 aromatic carbocycles. The molecule has 11 nitrogen and oxygen atoms in total. The highest BCUT2D eigenvalue weighted by Crippen LogP contribution is 2.41. The zero-order valence-corrected chi connectivity index (χ0v) is 22.1. The second kappa shape index (κ2) is 11.0. The Morgan fingerprint density at radius 3 is 2.48 bits per heavy atom. The number of benzene rings is 2. The lowest BCUT2D eigenvalue weighted by Crippen LogP contribution is -2.57. The zero-order chi connectivity index (χ0) is 27.9. The maximum absolute atomic E-state index is 13.0. The van der Waals surface area contributed by atoms with Crippen molar-refractivity contribution in [3.63, 3.8) is 0 Å². The summed E-state index contributed by atoms with van der Waals surface area (Å²) < 4.78 is 47.3. The van der Waals surface area contributed by atoms with Crippen molar-refractivity contribution in [2.24, 2.45) is 4.99 Å². The Hall–Kier alpha value is -3.85. The van der Waals surface area contributed by atoms with Crippen LogP contribution in [0.1, 0.15) is 20.8 Å². The number of fused-ring (bicyclic) bond motifs is 3. The summed E-state index contributed by atoms with van der Waals surface area (Å²) in [6, 6.07) is 11.7. The third kappa shape index (κ3) is 6.14. The minimum Gasteiger partial charge on any atom is -0.492 e. The van der Waals surface area contributed by atoms with E-state index in [1.54, 1.807) is 6.07 Å². The second-order valence-electron chi connectivity index (χ2n) is 10.2. The number of nitrogens with one attached hydrogen (secondary N) is 1. The Bertz CT molecular complexity index is 1310. The number of aliphatic imine (C=N–C) groups is 1. The Kier molecular flexibility index (Phi) is 7.99. The van der Waals surface area contributed by atoms with Crippen molar-refractivity contribution in [3.8, 4) is 5.75 Å². The molecule has 215 valence electrons. The lowest BCUT2D eigenvalue weighted by atomic mass is 10.1. The zero-order valence-electron chi connectivity index (χ0n) is 22.1. The van der Waals surface area contributed by atoms with Crippen LogP contribution < -0.4 is 25.6 Å². The van der Waals surface area contributed by atoms with Crippen LogP contribution in [0.15, 0.2) is 65.1 Å². The normalized spacial score (nSPS) is 19.4. The maximum atomic E-state index is 13.0.